The zero-order valence-corrected chi connectivity index (χ0v) is 19.0. The molecule has 1 aliphatic rings. The summed E-state index contributed by atoms with van der Waals surface area (Å²) in [6.07, 6.45) is 1.17. The highest BCUT2D eigenvalue weighted by molar-refractivity contribution is 8.13. The predicted octanol–water partition coefficient (Wildman–Crippen LogP) is 3.72. The summed E-state index contributed by atoms with van der Waals surface area (Å²) < 4.78 is 14.5. The zero-order chi connectivity index (χ0) is 20.3. The molecule has 1 heterocycles. The van der Waals surface area contributed by atoms with Crippen LogP contribution in [0.15, 0.2) is 47.5 Å². The van der Waals surface area contributed by atoms with Crippen molar-refractivity contribution in [2.24, 2.45) is 16.5 Å². The fraction of sp³-hybridized carbons (Fsp3) is 0.333. The largest absolute Gasteiger partial charge is 0.508 e. The number of aromatic hydroxyl groups is 1. The molecule has 3 rings (SSSR count). The number of thioether (sulfide) groups is 1. The van der Waals surface area contributed by atoms with Gasteiger partial charge in [-0.2, -0.15) is 0 Å². The van der Waals surface area contributed by atoms with E-state index in [-0.39, 0.29) is 48.6 Å². The van der Waals surface area contributed by atoms with Gasteiger partial charge in [-0.15, -0.1) is 24.8 Å². The van der Waals surface area contributed by atoms with Crippen LogP contribution in [-0.4, -0.2) is 27.9 Å². The smallest absolute Gasteiger partial charge is 0.154 e. The minimum absolute atomic E-state index is 0. The highest BCUT2D eigenvalue weighted by Crippen LogP contribution is 2.36. The summed E-state index contributed by atoms with van der Waals surface area (Å²) in [4.78, 5) is 17.0. The lowest BCUT2D eigenvalue weighted by Gasteiger charge is -2.30. The molecule has 0 saturated carbocycles. The third kappa shape index (κ3) is 6.35. The lowest BCUT2D eigenvalue weighted by molar-refractivity contribution is -0.119. The van der Waals surface area contributed by atoms with Gasteiger partial charge in [0, 0.05) is 17.7 Å². The van der Waals surface area contributed by atoms with Gasteiger partial charge >= 0.3 is 0 Å². The molecule has 30 heavy (non-hydrogen) atoms. The fourth-order valence-corrected chi connectivity index (χ4v) is 4.28. The maximum atomic E-state index is 14.5. The molecule has 0 spiro atoms. The average Bonchev–Trinajstić information content (AvgIpc) is 2.64. The maximum absolute atomic E-state index is 14.5. The van der Waals surface area contributed by atoms with E-state index in [0.29, 0.717) is 29.1 Å². The number of phenolic OH excluding ortho intramolecular Hbond substituents is 1. The summed E-state index contributed by atoms with van der Waals surface area (Å²) in [7, 11) is 0. The Labute approximate surface area is 192 Å². The van der Waals surface area contributed by atoms with E-state index in [2.05, 4.69) is 4.99 Å². The molecule has 1 aliphatic heterocycles. The predicted molar refractivity (Wildman–Crippen MR) is 125 cm³/mol. The number of amidine groups is 1. The molecule has 5 nitrogen and oxygen atoms in total. The van der Waals surface area contributed by atoms with E-state index >= 15 is 0 Å². The number of halogens is 3. The van der Waals surface area contributed by atoms with Gasteiger partial charge in [-0.3, -0.25) is 9.79 Å². The average molecular weight is 474 g/mol. The first-order valence-corrected chi connectivity index (χ1v) is 10.1. The van der Waals surface area contributed by atoms with Crippen molar-refractivity contribution in [3.63, 3.8) is 0 Å². The van der Waals surface area contributed by atoms with Gasteiger partial charge in [0.15, 0.2) is 11.0 Å². The topological polar surface area (TPSA) is 102 Å². The third-order valence-electron chi connectivity index (χ3n) is 4.99. The summed E-state index contributed by atoms with van der Waals surface area (Å²) >= 11 is 1.46. The molecule has 9 heteroatoms. The number of nitrogens with zero attached hydrogens (tertiary/aromatic N) is 1. The lowest BCUT2D eigenvalue weighted by atomic mass is 9.87. The standard InChI is InChI=1S/C21H24FN3O2S.2ClH/c1-21(8-9-28-20(24)25-21)16-10-14(4-7-17(16)22)12-19(27)18(23)11-13-2-5-15(26)6-3-13;;/h2-7,10,18,26H,8-9,11-12,23H2,1H3,(H2,24,25);2*1H/t18-,21+;;/m1../s1. The van der Waals surface area contributed by atoms with E-state index in [4.69, 9.17) is 11.5 Å². The first-order chi connectivity index (χ1) is 13.3. The van der Waals surface area contributed by atoms with E-state index in [1.54, 1.807) is 36.4 Å². The van der Waals surface area contributed by atoms with E-state index < -0.39 is 11.6 Å². The monoisotopic (exact) mass is 473 g/mol. The Morgan fingerprint density at radius 3 is 2.50 bits per heavy atom. The number of benzene rings is 2. The number of carbonyl (C=O) groups excluding carboxylic acids is 1. The van der Waals surface area contributed by atoms with E-state index in [0.717, 1.165) is 11.3 Å². The highest BCUT2D eigenvalue weighted by Gasteiger charge is 2.32. The minimum Gasteiger partial charge on any atom is -0.508 e. The van der Waals surface area contributed by atoms with Crippen molar-refractivity contribution in [3.05, 3.63) is 65.0 Å². The molecule has 2 atom stereocenters. The van der Waals surface area contributed by atoms with Crippen LogP contribution in [0.3, 0.4) is 0 Å². The van der Waals surface area contributed by atoms with Crippen LogP contribution in [0.5, 0.6) is 5.75 Å². The van der Waals surface area contributed by atoms with Crippen molar-refractivity contribution in [2.75, 3.05) is 5.75 Å². The van der Waals surface area contributed by atoms with Crippen molar-refractivity contribution >= 4 is 47.5 Å². The summed E-state index contributed by atoms with van der Waals surface area (Å²) in [5, 5.41) is 9.79. The molecule has 0 amide bonds. The van der Waals surface area contributed by atoms with Gasteiger partial charge in [0.05, 0.1) is 11.6 Å². The van der Waals surface area contributed by atoms with Gasteiger partial charge in [-0.05, 0) is 49.1 Å². The van der Waals surface area contributed by atoms with E-state index in [9.17, 15) is 14.3 Å². The molecule has 0 radical (unpaired) electrons. The Kier molecular flexibility index (Phi) is 9.62. The van der Waals surface area contributed by atoms with E-state index in [1.807, 2.05) is 6.92 Å². The van der Waals surface area contributed by atoms with Crippen LogP contribution in [0.1, 0.15) is 30.0 Å². The first-order valence-electron chi connectivity index (χ1n) is 9.10. The molecule has 0 saturated heterocycles. The van der Waals surface area contributed by atoms with Gasteiger partial charge in [-0.25, -0.2) is 4.39 Å². The molecule has 2 aromatic carbocycles. The Bertz CT molecular complexity index is 912. The number of nitrogens with two attached hydrogens (primary N) is 2. The minimum atomic E-state index is -0.730. The number of Topliss-reactive ketones (excluding diaryl/α,β-unsaturated/α-hetero) is 1. The van der Waals surface area contributed by atoms with E-state index in [1.165, 1.54) is 17.8 Å². The van der Waals surface area contributed by atoms with Crippen molar-refractivity contribution in [1.29, 1.82) is 0 Å². The molecule has 0 aliphatic carbocycles. The van der Waals surface area contributed by atoms with Crippen molar-refractivity contribution in [3.8, 4) is 5.75 Å². The van der Waals surface area contributed by atoms with Gasteiger partial charge in [0.25, 0.3) is 0 Å². The van der Waals surface area contributed by atoms with Crippen molar-refractivity contribution in [2.45, 2.75) is 37.8 Å². The van der Waals surface area contributed by atoms with Crippen LogP contribution in [0.2, 0.25) is 0 Å². The van der Waals surface area contributed by atoms with Crippen LogP contribution in [0, 0.1) is 5.82 Å². The van der Waals surface area contributed by atoms with Crippen molar-refractivity contribution < 1.29 is 14.3 Å². The molecule has 2 aromatic rings. The van der Waals surface area contributed by atoms with Gasteiger partial charge in [0.2, 0.25) is 0 Å². The second-order valence-corrected chi connectivity index (χ2v) is 8.37. The Morgan fingerprint density at radius 1 is 1.23 bits per heavy atom. The summed E-state index contributed by atoms with van der Waals surface area (Å²) in [6.45, 7) is 1.86. The molecule has 0 bridgehead atoms. The zero-order valence-electron chi connectivity index (χ0n) is 16.5. The van der Waals surface area contributed by atoms with Crippen LogP contribution >= 0.6 is 36.6 Å². The molecule has 164 valence electrons. The SMILES string of the molecule is C[C@@]1(c2cc(CC(=O)[C@H](N)Cc3ccc(O)cc3)ccc2F)CCSC(N)=N1.Cl.Cl. The number of phenols is 1. The quantitative estimate of drug-likeness (QED) is 0.593. The molecular weight excluding hydrogens is 448 g/mol. The number of rotatable bonds is 6. The van der Waals surface area contributed by atoms with Crippen LogP contribution in [-0.2, 0) is 23.2 Å². The van der Waals surface area contributed by atoms with Gasteiger partial charge in [0.1, 0.15) is 11.6 Å². The summed E-state index contributed by atoms with van der Waals surface area (Å²) in [5.41, 5.74) is 13.2. The number of carbonyl (C=O) groups is 1. The first kappa shape index (κ1) is 26.2. The van der Waals surface area contributed by atoms with Crippen LogP contribution in [0.25, 0.3) is 0 Å². The normalized spacial score (nSPS) is 19.1. The highest BCUT2D eigenvalue weighted by atomic mass is 35.5. The van der Waals surface area contributed by atoms with Crippen molar-refractivity contribution in [1.82, 2.24) is 0 Å². The summed E-state index contributed by atoms with van der Waals surface area (Å²) in [5.74, 6) is 0.459. The molecular formula is C21H26Cl2FN3O2S. The molecule has 0 fully saturated rings. The number of ketones is 1. The Hall–Kier alpha value is -1.80. The lowest BCUT2D eigenvalue weighted by Crippen LogP contribution is -2.34. The summed E-state index contributed by atoms with van der Waals surface area (Å²) in [6, 6.07) is 10.6. The second-order valence-electron chi connectivity index (χ2n) is 7.26. The maximum Gasteiger partial charge on any atom is 0.154 e. The number of hydrogen-bond donors (Lipinski definition) is 3. The van der Waals surface area contributed by atoms with Gasteiger partial charge in [-0.1, -0.05) is 36.0 Å². The second kappa shape index (κ2) is 11.0. The number of hydrogen-bond acceptors (Lipinski definition) is 6. The fourth-order valence-electron chi connectivity index (χ4n) is 3.31. The molecule has 0 aromatic heterocycles. The number of aliphatic imine (C=N–C) groups is 1. The van der Waals surface area contributed by atoms with Crippen LogP contribution < -0.4 is 11.5 Å². The molecule has 0 unspecified atom stereocenters. The van der Waals surface area contributed by atoms with Crippen LogP contribution in [0.4, 0.5) is 4.39 Å². The Morgan fingerprint density at radius 2 is 1.87 bits per heavy atom. The van der Waals surface area contributed by atoms with Gasteiger partial charge < -0.3 is 16.6 Å². The molecule has 5 N–H and O–H groups in total. The third-order valence-corrected chi connectivity index (χ3v) is 5.79. The Balaban J connectivity index is 0.00000225.